The standard InChI is InChI=1S/C9H18Cl3O4P/c1-7(10)4-14-17(13,15-5-8(2)11)16-6-9(3)12/h7-9H,4-6H2,1-3H3/t7-,8-,9+/m0/s1. The van der Waals surface area contributed by atoms with Gasteiger partial charge in [-0.05, 0) is 20.8 Å². The van der Waals surface area contributed by atoms with Gasteiger partial charge in [0.2, 0.25) is 0 Å². The number of rotatable bonds is 9. The molecule has 0 heterocycles. The highest BCUT2D eigenvalue weighted by Gasteiger charge is 2.28. The summed E-state index contributed by atoms with van der Waals surface area (Å²) in [6, 6.07) is 0. The third kappa shape index (κ3) is 10.6. The number of halogens is 3. The van der Waals surface area contributed by atoms with Gasteiger partial charge in [0.1, 0.15) is 0 Å². The first-order valence-corrected chi connectivity index (χ1v) is 7.98. The quantitative estimate of drug-likeness (QED) is 0.474. The first kappa shape index (κ1) is 18.0. The second-order valence-corrected chi connectivity index (χ2v) is 7.58. The molecule has 0 aromatic heterocycles. The molecular weight excluding hydrogens is 309 g/mol. The van der Waals surface area contributed by atoms with Crippen molar-refractivity contribution in [2.45, 2.75) is 36.9 Å². The molecule has 0 fully saturated rings. The molecule has 0 bridgehead atoms. The van der Waals surface area contributed by atoms with Gasteiger partial charge < -0.3 is 0 Å². The number of phosphoric ester groups is 1. The predicted molar refractivity (Wildman–Crippen MR) is 71.4 cm³/mol. The van der Waals surface area contributed by atoms with E-state index >= 15 is 0 Å². The minimum atomic E-state index is -3.63. The lowest BCUT2D eigenvalue weighted by Gasteiger charge is -2.19. The van der Waals surface area contributed by atoms with Gasteiger partial charge in [-0.25, -0.2) is 4.57 Å². The van der Waals surface area contributed by atoms with Crippen LogP contribution in [0.25, 0.3) is 0 Å². The van der Waals surface area contributed by atoms with Crippen molar-refractivity contribution in [3.05, 3.63) is 0 Å². The first-order chi connectivity index (χ1) is 7.75. The van der Waals surface area contributed by atoms with Crippen LogP contribution in [-0.2, 0) is 18.1 Å². The van der Waals surface area contributed by atoms with Crippen LogP contribution in [0.15, 0.2) is 0 Å². The van der Waals surface area contributed by atoms with E-state index in [0.717, 1.165) is 0 Å². The van der Waals surface area contributed by atoms with E-state index in [2.05, 4.69) is 0 Å². The minimum Gasteiger partial charge on any atom is -0.285 e. The minimum absolute atomic E-state index is 0.0617. The van der Waals surface area contributed by atoms with Gasteiger partial charge in [0.25, 0.3) is 0 Å². The number of hydrogen-bond donors (Lipinski definition) is 0. The van der Waals surface area contributed by atoms with Crippen LogP contribution in [0.1, 0.15) is 20.8 Å². The van der Waals surface area contributed by atoms with Crippen molar-refractivity contribution in [2.24, 2.45) is 0 Å². The topological polar surface area (TPSA) is 44.8 Å². The van der Waals surface area contributed by atoms with Crippen molar-refractivity contribution in [1.82, 2.24) is 0 Å². The van der Waals surface area contributed by atoms with Crippen LogP contribution in [0.4, 0.5) is 0 Å². The van der Waals surface area contributed by atoms with Gasteiger partial charge in [-0.2, -0.15) is 0 Å². The molecule has 0 aromatic rings. The Balaban J connectivity index is 4.29. The van der Waals surface area contributed by atoms with Crippen molar-refractivity contribution in [3.8, 4) is 0 Å². The number of hydrogen-bond acceptors (Lipinski definition) is 4. The molecule has 0 aromatic carbocycles. The van der Waals surface area contributed by atoms with Crippen molar-refractivity contribution in [2.75, 3.05) is 19.8 Å². The summed E-state index contributed by atoms with van der Waals surface area (Å²) < 4.78 is 27.2. The molecule has 3 atom stereocenters. The van der Waals surface area contributed by atoms with Crippen molar-refractivity contribution < 1.29 is 18.1 Å². The molecule has 0 aliphatic rings. The van der Waals surface area contributed by atoms with E-state index in [1.165, 1.54) is 0 Å². The maximum atomic E-state index is 12.1. The molecular formula is C9H18Cl3O4P. The van der Waals surface area contributed by atoms with Crippen molar-refractivity contribution in [1.29, 1.82) is 0 Å². The Morgan fingerprint density at radius 2 is 1.06 bits per heavy atom. The van der Waals surface area contributed by atoms with E-state index in [0.29, 0.717) is 0 Å². The zero-order chi connectivity index (χ0) is 13.5. The maximum absolute atomic E-state index is 12.1. The Labute approximate surface area is 117 Å². The van der Waals surface area contributed by atoms with Crippen LogP contribution in [0.3, 0.4) is 0 Å². The smallest absolute Gasteiger partial charge is 0.285 e. The molecule has 0 spiro atoms. The molecule has 0 radical (unpaired) electrons. The van der Waals surface area contributed by atoms with Crippen LogP contribution < -0.4 is 0 Å². The molecule has 0 rings (SSSR count). The molecule has 0 amide bonds. The molecule has 0 N–H and O–H groups in total. The van der Waals surface area contributed by atoms with Gasteiger partial charge in [0.05, 0.1) is 36.0 Å². The van der Waals surface area contributed by atoms with Crippen LogP contribution in [0.5, 0.6) is 0 Å². The Morgan fingerprint density at radius 1 is 0.824 bits per heavy atom. The fourth-order valence-corrected chi connectivity index (χ4v) is 2.59. The Hall–Kier alpha value is 0.980. The SMILES string of the molecule is C[C@H](Cl)COP(=O)(OC[C@H](C)Cl)OC[C@@H](C)Cl. The van der Waals surface area contributed by atoms with Crippen LogP contribution in [0.2, 0.25) is 0 Å². The van der Waals surface area contributed by atoms with Gasteiger partial charge in [0.15, 0.2) is 0 Å². The van der Waals surface area contributed by atoms with E-state index < -0.39 is 7.82 Å². The van der Waals surface area contributed by atoms with Gasteiger partial charge >= 0.3 is 7.82 Å². The Bertz CT molecular complexity index is 210. The molecule has 0 saturated heterocycles. The van der Waals surface area contributed by atoms with E-state index in [-0.39, 0.29) is 36.0 Å². The fourth-order valence-electron chi connectivity index (χ4n) is 0.694. The first-order valence-electron chi connectivity index (χ1n) is 5.21. The molecule has 0 aliphatic carbocycles. The zero-order valence-electron chi connectivity index (χ0n) is 10.1. The highest BCUT2D eigenvalue weighted by atomic mass is 35.5. The lowest BCUT2D eigenvalue weighted by atomic mass is 10.5. The van der Waals surface area contributed by atoms with Gasteiger partial charge in [-0.3, -0.25) is 13.6 Å². The summed E-state index contributed by atoms with van der Waals surface area (Å²) >= 11 is 17.1. The largest absolute Gasteiger partial charge is 0.474 e. The third-order valence-corrected chi connectivity index (χ3v) is 3.16. The van der Waals surface area contributed by atoms with Gasteiger partial charge in [-0.15, -0.1) is 34.8 Å². The summed E-state index contributed by atoms with van der Waals surface area (Å²) in [4.78, 5) is 0. The van der Waals surface area contributed by atoms with Crippen LogP contribution in [-0.4, -0.2) is 36.0 Å². The highest BCUT2D eigenvalue weighted by molar-refractivity contribution is 7.48. The van der Waals surface area contributed by atoms with E-state index in [1.807, 2.05) is 0 Å². The maximum Gasteiger partial charge on any atom is 0.474 e. The normalized spacial score (nSPS) is 17.8. The Morgan fingerprint density at radius 3 is 1.24 bits per heavy atom. The molecule has 8 heteroatoms. The zero-order valence-corrected chi connectivity index (χ0v) is 13.2. The molecule has 4 nitrogen and oxygen atoms in total. The summed E-state index contributed by atoms with van der Waals surface area (Å²) in [5, 5.41) is -0.882. The van der Waals surface area contributed by atoms with Gasteiger partial charge in [0, 0.05) is 0 Å². The van der Waals surface area contributed by atoms with Crippen molar-refractivity contribution in [3.63, 3.8) is 0 Å². The fraction of sp³-hybridized carbons (Fsp3) is 1.00. The summed E-state index contributed by atoms with van der Waals surface area (Å²) in [5.41, 5.74) is 0. The third-order valence-electron chi connectivity index (χ3n) is 1.39. The van der Waals surface area contributed by atoms with Crippen LogP contribution in [0, 0.1) is 0 Å². The monoisotopic (exact) mass is 326 g/mol. The number of alkyl halides is 3. The van der Waals surface area contributed by atoms with E-state index in [1.54, 1.807) is 20.8 Å². The lowest BCUT2D eigenvalue weighted by molar-refractivity contribution is 0.115. The summed E-state index contributed by atoms with van der Waals surface area (Å²) in [5.74, 6) is 0. The van der Waals surface area contributed by atoms with E-state index in [9.17, 15) is 4.57 Å². The van der Waals surface area contributed by atoms with Crippen LogP contribution >= 0.6 is 42.6 Å². The molecule has 0 aliphatic heterocycles. The summed E-state index contributed by atoms with van der Waals surface area (Å²) in [6.45, 7) is 5.31. The molecule has 17 heavy (non-hydrogen) atoms. The highest BCUT2D eigenvalue weighted by Crippen LogP contribution is 2.50. The second-order valence-electron chi connectivity index (χ2n) is 3.68. The molecule has 0 unspecified atom stereocenters. The summed E-state index contributed by atoms with van der Waals surface area (Å²) in [7, 11) is -3.63. The second kappa shape index (κ2) is 8.98. The lowest BCUT2D eigenvalue weighted by Crippen LogP contribution is -2.13. The number of phosphoric acid groups is 1. The Kier molecular flexibility index (Phi) is 9.49. The molecule has 0 saturated carbocycles. The average molecular weight is 328 g/mol. The van der Waals surface area contributed by atoms with Crippen molar-refractivity contribution >= 4 is 42.6 Å². The predicted octanol–water partition coefficient (Wildman–Crippen LogP) is 4.03. The van der Waals surface area contributed by atoms with E-state index in [4.69, 9.17) is 48.4 Å². The van der Waals surface area contributed by atoms with Gasteiger partial charge in [-0.1, -0.05) is 0 Å². The molecule has 104 valence electrons. The average Bonchev–Trinajstić information content (AvgIpc) is 2.21. The summed E-state index contributed by atoms with van der Waals surface area (Å²) in [6.07, 6.45) is 0.